The van der Waals surface area contributed by atoms with Crippen molar-refractivity contribution in [2.75, 3.05) is 11.6 Å². The molecule has 0 saturated heterocycles. The fraction of sp³-hybridized carbons (Fsp3) is 0.174. The standard InChI is InChI=1S/C23H23N5OS/c1-15-5-4-6-16(2)21(15)26-23-22(17-7-9-18(30-3)10-8-17)25-20-14-27(13-19(24)29)11-12-28(20)23/h4-12,14H,13H2,1-3H3,(H2,24,29)/p+1. The van der Waals surface area contributed by atoms with Gasteiger partial charge in [-0.2, -0.15) is 4.57 Å². The van der Waals surface area contributed by atoms with Crippen molar-refractivity contribution in [2.45, 2.75) is 25.3 Å². The molecule has 2 aromatic carbocycles. The first-order chi connectivity index (χ1) is 14.5. The molecule has 7 heteroatoms. The van der Waals surface area contributed by atoms with Crippen molar-refractivity contribution in [3.05, 3.63) is 72.2 Å². The Bertz CT molecular complexity index is 1210. The van der Waals surface area contributed by atoms with Gasteiger partial charge in [0, 0.05) is 16.1 Å². The van der Waals surface area contributed by atoms with Crippen molar-refractivity contribution in [1.82, 2.24) is 9.38 Å². The summed E-state index contributed by atoms with van der Waals surface area (Å²) in [5.74, 6) is 0.489. The van der Waals surface area contributed by atoms with Crippen molar-refractivity contribution in [3.63, 3.8) is 0 Å². The van der Waals surface area contributed by atoms with Crippen LogP contribution in [0.15, 0.2) is 66.0 Å². The summed E-state index contributed by atoms with van der Waals surface area (Å²) >= 11 is 1.71. The van der Waals surface area contributed by atoms with E-state index in [1.165, 1.54) is 4.90 Å². The van der Waals surface area contributed by atoms with E-state index in [-0.39, 0.29) is 6.54 Å². The van der Waals surface area contributed by atoms with Gasteiger partial charge in [-0.05, 0) is 43.4 Å². The second kappa shape index (κ2) is 8.20. The molecule has 0 fully saturated rings. The summed E-state index contributed by atoms with van der Waals surface area (Å²) < 4.78 is 3.75. The summed E-state index contributed by atoms with van der Waals surface area (Å²) in [4.78, 5) is 17.4. The first kappa shape index (κ1) is 20.0. The van der Waals surface area contributed by atoms with E-state index in [0.29, 0.717) is 0 Å². The quantitative estimate of drug-likeness (QED) is 0.368. The number of thioether (sulfide) groups is 1. The summed E-state index contributed by atoms with van der Waals surface area (Å²) in [5, 5.41) is 3.61. The maximum atomic E-state index is 11.3. The van der Waals surface area contributed by atoms with Crippen LogP contribution in [0.1, 0.15) is 11.1 Å². The zero-order chi connectivity index (χ0) is 21.3. The van der Waals surface area contributed by atoms with E-state index in [0.717, 1.165) is 39.5 Å². The van der Waals surface area contributed by atoms with Crippen LogP contribution in [0, 0.1) is 13.8 Å². The molecule has 30 heavy (non-hydrogen) atoms. The van der Waals surface area contributed by atoms with Crippen LogP contribution in [0.4, 0.5) is 11.5 Å². The SMILES string of the molecule is CSc1ccc(-c2nc3c[n+](CC(N)=O)ccn3c2Nc2c(C)cccc2C)cc1. The molecule has 152 valence electrons. The average molecular weight is 419 g/mol. The van der Waals surface area contributed by atoms with E-state index in [9.17, 15) is 4.79 Å². The molecule has 3 N–H and O–H groups in total. The van der Waals surface area contributed by atoms with Gasteiger partial charge in [-0.25, -0.2) is 4.98 Å². The van der Waals surface area contributed by atoms with Gasteiger partial charge < -0.3 is 11.1 Å². The maximum Gasteiger partial charge on any atom is 0.283 e. The number of carbonyl (C=O) groups is 1. The molecule has 4 aromatic rings. The molecule has 0 aliphatic carbocycles. The number of anilines is 2. The molecule has 6 nitrogen and oxygen atoms in total. The summed E-state index contributed by atoms with van der Waals surface area (Å²) in [6.45, 7) is 4.29. The van der Waals surface area contributed by atoms with Crippen LogP contribution in [0.25, 0.3) is 16.9 Å². The van der Waals surface area contributed by atoms with Crippen molar-refractivity contribution in [2.24, 2.45) is 5.73 Å². The van der Waals surface area contributed by atoms with Crippen molar-refractivity contribution in [1.29, 1.82) is 0 Å². The molecule has 2 aromatic heterocycles. The highest BCUT2D eigenvalue weighted by Crippen LogP contribution is 2.33. The van der Waals surface area contributed by atoms with Crippen molar-refractivity contribution in [3.8, 4) is 11.3 Å². The lowest BCUT2D eigenvalue weighted by molar-refractivity contribution is -0.683. The predicted octanol–water partition coefficient (Wildman–Crippen LogP) is 3.86. The van der Waals surface area contributed by atoms with E-state index in [2.05, 4.69) is 67.9 Å². The predicted molar refractivity (Wildman–Crippen MR) is 121 cm³/mol. The van der Waals surface area contributed by atoms with Crippen LogP contribution in [-0.4, -0.2) is 21.5 Å². The number of nitrogens with zero attached hydrogens (tertiary/aromatic N) is 3. The third-order valence-electron chi connectivity index (χ3n) is 5.05. The Labute approximate surface area is 179 Å². The van der Waals surface area contributed by atoms with Gasteiger partial charge in [-0.1, -0.05) is 30.3 Å². The summed E-state index contributed by atoms with van der Waals surface area (Å²) in [5.41, 5.74) is 11.3. The van der Waals surface area contributed by atoms with Gasteiger partial charge in [0.25, 0.3) is 5.91 Å². The summed E-state index contributed by atoms with van der Waals surface area (Å²) in [7, 11) is 0. The summed E-state index contributed by atoms with van der Waals surface area (Å²) in [6, 6.07) is 14.6. The summed E-state index contributed by atoms with van der Waals surface area (Å²) in [6.07, 6.45) is 7.63. The van der Waals surface area contributed by atoms with E-state index in [4.69, 9.17) is 10.7 Å². The lowest BCUT2D eigenvalue weighted by Crippen LogP contribution is -2.40. The molecular formula is C23H24N5OS+. The molecule has 0 spiro atoms. The monoisotopic (exact) mass is 418 g/mol. The minimum Gasteiger partial charge on any atom is -0.364 e. The van der Waals surface area contributed by atoms with Gasteiger partial charge >= 0.3 is 0 Å². The Kier molecular flexibility index (Phi) is 5.46. The zero-order valence-corrected chi connectivity index (χ0v) is 18.0. The lowest BCUT2D eigenvalue weighted by atomic mass is 10.1. The Morgan fingerprint density at radius 3 is 2.50 bits per heavy atom. The number of rotatable bonds is 6. The number of nitrogens with one attached hydrogen (secondary N) is 1. The van der Waals surface area contributed by atoms with Gasteiger partial charge in [0.15, 0.2) is 6.20 Å². The number of benzene rings is 2. The Balaban J connectivity index is 1.88. The molecule has 2 heterocycles. The molecule has 0 atom stereocenters. The van der Waals surface area contributed by atoms with Crippen LogP contribution < -0.4 is 15.6 Å². The Morgan fingerprint density at radius 2 is 1.87 bits per heavy atom. The Morgan fingerprint density at radius 1 is 1.17 bits per heavy atom. The molecule has 0 unspecified atom stereocenters. The van der Waals surface area contributed by atoms with Crippen LogP contribution >= 0.6 is 11.8 Å². The molecule has 0 bridgehead atoms. The van der Waals surface area contributed by atoms with Gasteiger partial charge in [-0.15, -0.1) is 11.8 Å². The van der Waals surface area contributed by atoms with Gasteiger partial charge in [0.2, 0.25) is 18.4 Å². The molecule has 0 saturated carbocycles. The number of primary amides is 1. The molecular weight excluding hydrogens is 394 g/mol. The smallest absolute Gasteiger partial charge is 0.283 e. The number of aromatic nitrogens is 3. The van der Waals surface area contributed by atoms with E-state index in [1.54, 1.807) is 16.3 Å². The molecule has 4 rings (SSSR count). The highest BCUT2D eigenvalue weighted by Gasteiger charge is 2.19. The molecule has 0 aliphatic heterocycles. The number of fused-ring (bicyclic) bond motifs is 1. The van der Waals surface area contributed by atoms with Crippen molar-refractivity contribution < 1.29 is 9.36 Å². The number of hydrogen-bond acceptors (Lipinski definition) is 4. The van der Waals surface area contributed by atoms with Crippen molar-refractivity contribution >= 4 is 34.8 Å². The topological polar surface area (TPSA) is 76.3 Å². The fourth-order valence-electron chi connectivity index (χ4n) is 3.51. The van der Waals surface area contributed by atoms with E-state index >= 15 is 0 Å². The Hall–Kier alpha value is -3.32. The second-order valence-corrected chi connectivity index (χ2v) is 8.10. The highest BCUT2D eigenvalue weighted by molar-refractivity contribution is 7.98. The third kappa shape index (κ3) is 3.89. The van der Waals surface area contributed by atoms with Gasteiger partial charge in [0.05, 0.1) is 6.20 Å². The highest BCUT2D eigenvalue weighted by atomic mass is 32.2. The van der Waals surface area contributed by atoms with Crippen LogP contribution in [0.2, 0.25) is 0 Å². The second-order valence-electron chi connectivity index (χ2n) is 7.22. The van der Waals surface area contributed by atoms with Crippen LogP contribution in [0.5, 0.6) is 0 Å². The van der Waals surface area contributed by atoms with Crippen LogP contribution in [-0.2, 0) is 11.3 Å². The fourth-order valence-corrected chi connectivity index (χ4v) is 3.92. The molecule has 0 aliphatic rings. The van der Waals surface area contributed by atoms with E-state index in [1.807, 2.05) is 23.0 Å². The van der Waals surface area contributed by atoms with Gasteiger partial charge in [0.1, 0.15) is 11.5 Å². The van der Waals surface area contributed by atoms with Crippen LogP contribution in [0.3, 0.4) is 0 Å². The number of nitrogens with two attached hydrogens (primary N) is 1. The number of aryl methyl sites for hydroxylation is 2. The molecule has 1 amide bonds. The average Bonchev–Trinajstić information content (AvgIpc) is 3.08. The largest absolute Gasteiger partial charge is 0.364 e. The first-order valence-electron chi connectivity index (χ1n) is 9.63. The first-order valence-corrected chi connectivity index (χ1v) is 10.9. The van der Waals surface area contributed by atoms with E-state index < -0.39 is 5.91 Å². The maximum absolute atomic E-state index is 11.3. The number of amides is 1. The zero-order valence-electron chi connectivity index (χ0n) is 17.2. The number of imidazole rings is 1. The molecule has 0 radical (unpaired) electrons. The normalized spacial score (nSPS) is 11.0. The number of carbonyl (C=O) groups excluding carboxylic acids is 1. The minimum absolute atomic E-state index is 0.112. The lowest BCUT2D eigenvalue weighted by Gasteiger charge is -2.14. The third-order valence-corrected chi connectivity index (χ3v) is 5.80. The number of hydrogen-bond donors (Lipinski definition) is 2. The number of para-hydroxylation sites is 1. The van der Waals surface area contributed by atoms with Gasteiger partial charge in [-0.3, -0.25) is 9.20 Å². The minimum atomic E-state index is -0.391.